The molecule has 0 saturated carbocycles. The van der Waals surface area contributed by atoms with E-state index in [9.17, 15) is 4.39 Å². The molecule has 0 radical (unpaired) electrons. The Labute approximate surface area is 114 Å². The Bertz CT molecular complexity index is 731. The fourth-order valence-corrected chi connectivity index (χ4v) is 1.85. The highest BCUT2D eigenvalue weighted by Gasteiger charge is 2.10. The maximum absolute atomic E-state index is 12.9. The van der Waals surface area contributed by atoms with Crippen LogP contribution in [0.1, 0.15) is 5.69 Å². The van der Waals surface area contributed by atoms with Gasteiger partial charge in [0.05, 0.1) is 11.4 Å². The molecule has 0 aliphatic rings. The highest BCUT2D eigenvalue weighted by atomic mass is 19.1. The van der Waals surface area contributed by atoms with Crippen molar-refractivity contribution in [2.24, 2.45) is 0 Å². The predicted molar refractivity (Wildman–Crippen MR) is 73.7 cm³/mol. The molecule has 20 heavy (non-hydrogen) atoms. The van der Waals surface area contributed by atoms with E-state index < -0.39 is 0 Å². The van der Waals surface area contributed by atoms with E-state index in [1.165, 1.54) is 16.8 Å². The van der Waals surface area contributed by atoms with E-state index in [4.69, 9.17) is 5.73 Å². The van der Waals surface area contributed by atoms with Crippen molar-refractivity contribution in [3.05, 3.63) is 54.0 Å². The number of nitrogens with two attached hydrogens (primary N) is 1. The van der Waals surface area contributed by atoms with Crippen LogP contribution in [0, 0.1) is 12.7 Å². The van der Waals surface area contributed by atoms with Crippen LogP contribution in [0.4, 0.5) is 10.2 Å². The Kier molecular flexibility index (Phi) is 2.90. The van der Waals surface area contributed by atoms with Crippen LogP contribution in [0.2, 0.25) is 0 Å². The van der Waals surface area contributed by atoms with E-state index in [1.807, 2.05) is 13.0 Å². The van der Waals surface area contributed by atoms with Crippen molar-refractivity contribution in [2.45, 2.75) is 6.92 Å². The molecule has 1 aromatic carbocycles. The van der Waals surface area contributed by atoms with Crippen molar-refractivity contribution >= 4 is 5.82 Å². The molecule has 100 valence electrons. The van der Waals surface area contributed by atoms with Gasteiger partial charge in [0, 0.05) is 11.6 Å². The first-order valence-corrected chi connectivity index (χ1v) is 6.06. The molecule has 0 atom stereocenters. The molecular formula is C14H12FN5. The van der Waals surface area contributed by atoms with Crippen molar-refractivity contribution in [1.29, 1.82) is 0 Å². The van der Waals surface area contributed by atoms with Crippen LogP contribution in [0.15, 0.2) is 42.5 Å². The molecule has 0 amide bonds. The van der Waals surface area contributed by atoms with Crippen LogP contribution in [0.3, 0.4) is 0 Å². The first-order chi connectivity index (χ1) is 9.63. The quantitative estimate of drug-likeness (QED) is 0.775. The zero-order valence-corrected chi connectivity index (χ0v) is 10.8. The summed E-state index contributed by atoms with van der Waals surface area (Å²) in [6.07, 6.45) is 0. The van der Waals surface area contributed by atoms with Gasteiger partial charge in [-0.3, -0.25) is 0 Å². The summed E-state index contributed by atoms with van der Waals surface area (Å²) in [7, 11) is 0. The van der Waals surface area contributed by atoms with Crippen molar-refractivity contribution in [3.8, 4) is 17.1 Å². The number of nitrogens with zero attached hydrogens (tertiary/aromatic N) is 4. The number of hydrogen-bond donors (Lipinski definition) is 1. The maximum Gasteiger partial charge on any atom is 0.178 e. The normalized spacial score (nSPS) is 10.7. The van der Waals surface area contributed by atoms with Crippen molar-refractivity contribution in [2.75, 3.05) is 5.73 Å². The molecule has 3 rings (SSSR count). The number of halogens is 1. The van der Waals surface area contributed by atoms with E-state index in [0.29, 0.717) is 17.3 Å². The van der Waals surface area contributed by atoms with Gasteiger partial charge in [0.1, 0.15) is 11.6 Å². The molecule has 2 N–H and O–H groups in total. The summed E-state index contributed by atoms with van der Waals surface area (Å²) in [6, 6.07) is 11.4. The van der Waals surface area contributed by atoms with E-state index in [0.717, 1.165) is 11.3 Å². The molecule has 2 aromatic heterocycles. The van der Waals surface area contributed by atoms with E-state index in [-0.39, 0.29) is 5.82 Å². The average Bonchev–Trinajstić information content (AvgIpc) is 2.82. The second-order valence-electron chi connectivity index (χ2n) is 4.41. The monoisotopic (exact) mass is 269 g/mol. The smallest absolute Gasteiger partial charge is 0.178 e. The minimum absolute atomic E-state index is 0.287. The summed E-state index contributed by atoms with van der Waals surface area (Å²) in [4.78, 5) is 0. The average molecular weight is 269 g/mol. The predicted octanol–water partition coefficient (Wildman–Crippen LogP) is 2.36. The van der Waals surface area contributed by atoms with Crippen LogP contribution in [-0.2, 0) is 0 Å². The lowest BCUT2D eigenvalue weighted by Gasteiger charge is -2.01. The largest absolute Gasteiger partial charge is 0.384 e. The molecule has 0 saturated heterocycles. The minimum atomic E-state index is -0.287. The summed E-state index contributed by atoms with van der Waals surface area (Å²) in [5, 5.41) is 12.4. The SMILES string of the molecule is Cc1ccc(-n2nc(-c3ccc(F)cc3)cc2N)nn1. The van der Waals surface area contributed by atoms with Gasteiger partial charge in [0.25, 0.3) is 0 Å². The zero-order chi connectivity index (χ0) is 14.1. The molecule has 0 bridgehead atoms. The Hall–Kier alpha value is -2.76. The van der Waals surface area contributed by atoms with Crippen LogP contribution < -0.4 is 5.73 Å². The Morgan fingerprint density at radius 1 is 1.05 bits per heavy atom. The van der Waals surface area contributed by atoms with Crippen molar-refractivity contribution in [1.82, 2.24) is 20.0 Å². The summed E-state index contributed by atoms with van der Waals surface area (Å²) in [6.45, 7) is 1.85. The molecule has 0 aliphatic heterocycles. The molecule has 5 nitrogen and oxygen atoms in total. The maximum atomic E-state index is 12.9. The van der Waals surface area contributed by atoms with Crippen molar-refractivity contribution < 1.29 is 4.39 Å². The lowest BCUT2D eigenvalue weighted by atomic mass is 10.1. The Morgan fingerprint density at radius 3 is 2.45 bits per heavy atom. The first kappa shape index (κ1) is 12.3. The van der Waals surface area contributed by atoms with E-state index in [1.54, 1.807) is 24.3 Å². The third kappa shape index (κ3) is 2.23. The molecule has 0 unspecified atom stereocenters. The number of nitrogen functional groups attached to an aromatic ring is 1. The first-order valence-electron chi connectivity index (χ1n) is 6.06. The summed E-state index contributed by atoms with van der Waals surface area (Å²) >= 11 is 0. The lowest BCUT2D eigenvalue weighted by Crippen LogP contribution is -2.05. The number of benzene rings is 1. The fourth-order valence-electron chi connectivity index (χ4n) is 1.85. The second-order valence-corrected chi connectivity index (χ2v) is 4.41. The van der Waals surface area contributed by atoms with Gasteiger partial charge in [-0.1, -0.05) is 0 Å². The van der Waals surface area contributed by atoms with Gasteiger partial charge in [-0.15, -0.1) is 5.10 Å². The third-order valence-electron chi connectivity index (χ3n) is 2.88. The summed E-state index contributed by atoms with van der Waals surface area (Å²) in [5.74, 6) is 0.703. The van der Waals surface area contributed by atoms with Gasteiger partial charge in [0.2, 0.25) is 0 Å². The number of aromatic nitrogens is 4. The topological polar surface area (TPSA) is 69.6 Å². The lowest BCUT2D eigenvalue weighted by molar-refractivity contribution is 0.628. The third-order valence-corrected chi connectivity index (χ3v) is 2.88. The van der Waals surface area contributed by atoms with Crippen LogP contribution in [0.25, 0.3) is 17.1 Å². The number of aryl methyl sites for hydroxylation is 1. The summed E-state index contributed by atoms with van der Waals surface area (Å²) in [5.41, 5.74) is 8.20. The summed E-state index contributed by atoms with van der Waals surface area (Å²) < 4.78 is 14.4. The van der Waals surface area contributed by atoms with E-state index in [2.05, 4.69) is 15.3 Å². The molecule has 6 heteroatoms. The van der Waals surface area contributed by atoms with Crippen LogP contribution in [0.5, 0.6) is 0 Å². The van der Waals surface area contributed by atoms with E-state index >= 15 is 0 Å². The fraction of sp³-hybridized carbons (Fsp3) is 0.0714. The van der Waals surface area contributed by atoms with Crippen LogP contribution in [-0.4, -0.2) is 20.0 Å². The van der Waals surface area contributed by atoms with Gasteiger partial charge in [-0.2, -0.15) is 14.9 Å². The highest BCUT2D eigenvalue weighted by Crippen LogP contribution is 2.22. The van der Waals surface area contributed by atoms with Crippen LogP contribution >= 0.6 is 0 Å². The second kappa shape index (κ2) is 4.73. The molecule has 2 heterocycles. The molecule has 0 spiro atoms. The van der Waals surface area contributed by atoms with Gasteiger partial charge in [0.15, 0.2) is 5.82 Å². The van der Waals surface area contributed by atoms with Gasteiger partial charge in [-0.05, 0) is 43.3 Å². The Balaban J connectivity index is 2.02. The molecular weight excluding hydrogens is 257 g/mol. The molecule has 3 aromatic rings. The highest BCUT2D eigenvalue weighted by molar-refractivity contribution is 5.63. The standard InChI is InChI=1S/C14H12FN5/c1-9-2-7-14(18-17-9)20-13(16)8-12(19-20)10-3-5-11(15)6-4-10/h2-8H,16H2,1H3. The minimum Gasteiger partial charge on any atom is -0.384 e. The number of hydrogen-bond acceptors (Lipinski definition) is 4. The number of anilines is 1. The Morgan fingerprint density at radius 2 is 1.80 bits per heavy atom. The van der Waals surface area contributed by atoms with Gasteiger partial charge in [-0.25, -0.2) is 4.39 Å². The molecule has 0 fully saturated rings. The number of rotatable bonds is 2. The molecule has 0 aliphatic carbocycles. The van der Waals surface area contributed by atoms with Crippen molar-refractivity contribution in [3.63, 3.8) is 0 Å². The zero-order valence-electron chi connectivity index (χ0n) is 10.8. The van der Waals surface area contributed by atoms with Gasteiger partial charge < -0.3 is 5.73 Å². The van der Waals surface area contributed by atoms with Gasteiger partial charge >= 0.3 is 0 Å².